The van der Waals surface area contributed by atoms with Gasteiger partial charge in [-0.05, 0) is 33.3 Å². The number of nitrogens with zero attached hydrogens (tertiary/aromatic N) is 1. The van der Waals surface area contributed by atoms with Crippen LogP contribution < -0.4 is 10.6 Å². The van der Waals surface area contributed by atoms with Crippen LogP contribution in [0.1, 0.15) is 52.1 Å². The number of benzene rings is 1. The molecular weight excluding hydrogens is 390 g/mol. The number of phenolic OH excluding ortho intramolecular Hbond substituents is 1. The lowest BCUT2D eigenvalue weighted by Gasteiger charge is -2.31. The van der Waals surface area contributed by atoms with Crippen molar-refractivity contribution in [1.29, 1.82) is 0 Å². The summed E-state index contributed by atoms with van der Waals surface area (Å²) in [6, 6.07) is 5.04. The minimum Gasteiger partial charge on any atom is -0.508 e. The first-order chi connectivity index (χ1) is 14.1. The number of aromatic hydroxyl groups is 1. The van der Waals surface area contributed by atoms with Crippen LogP contribution in [0.5, 0.6) is 5.75 Å². The first-order valence-corrected chi connectivity index (χ1v) is 10.0. The molecule has 1 aromatic carbocycles. The Labute approximate surface area is 177 Å². The number of alkyl carbamates (subject to hydrolysis) is 1. The van der Waals surface area contributed by atoms with Gasteiger partial charge in [0.25, 0.3) is 0 Å². The Hall–Kier alpha value is -2.81. The van der Waals surface area contributed by atoms with Crippen molar-refractivity contribution in [2.24, 2.45) is 0 Å². The Morgan fingerprint density at radius 2 is 1.83 bits per heavy atom. The van der Waals surface area contributed by atoms with Crippen molar-refractivity contribution in [3.8, 4) is 5.75 Å². The molecule has 168 valence electrons. The Morgan fingerprint density at radius 1 is 1.17 bits per heavy atom. The lowest BCUT2D eigenvalue weighted by atomic mass is 10.0. The van der Waals surface area contributed by atoms with E-state index in [9.17, 15) is 24.6 Å². The molecule has 1 aromatic rings. The largest absolute Gasteiger partial charge is 0.508 e. The summed E-state index contributed by atoms with van der Waals surface area (Å²) < 4.78 is 5.12. The summed E-state index contributed by atoms with van der Waals surface area (Å²) in [6.07, 6.45) is 0.861. The van der Waals surface area contributed by atoms with Gasteiger partial charge < -0.3 is 30.5 Å². The van der Waals surface area contributed by atoms with E-state index in [1.807, 2.05) is 6.92 Å². The minimum atomic E-state index is -1.16. The second kappa shape index (κ2) is 12.0. The van der Waals surface area contributed by atoms with Crippen LogP contribution in [0.15, 0.2) is 24.3 Å². The van der Waals surface area contributed by atoms with Crippen molar-refractivity contribution < 1.29 is 29.3 Å². The standard InChI is InChI=1S/C21H33N3O6/c1-5-6-11-22-19(28)18(15-9-7-8-10-16(15)26)24(12-13-25)17(27)14-23-20(29)30-21(2,3)4/h7-10,18,25-26H,5-6,11-14H2,1-4H3,(H,22,28)(H,23,29). The lowest BCUT2D eigenvalue weighted by molar-refractivity contribution is -0.140. The third-order valence-corrected chi connectivity index (χ3v) is 4.07. The number of amides is 3. The third kappa shape index (κ3) is 8.28. The maximum Gasteiger partial charge on any atom is 0.408 e. The van der Waals surface area contributed by atoms with Crippen LogP contribution in [0, 0.1) is 0 Å². The maximum atomic E-state index is 12.9. The second-order valence-electron chi connectivity index (χ2n) is 7.77. The van der Waals surface area contributed by atoms with Gasteiger partial charge in [-0.3, -0.25) is 9.59 Å². The van der Waals surface area contributed by atoms with Crippen molar-refractivity contribution in [3.63, 3.8) is 0 Å². The lowest BCUT2D eigenvalue weighted by Crippen LogP contribution is -2.48. The molecule has 30 heavy (non-hydrogen) atoms. The van der Waals surface area contributed by atoms with Gasteiger partial charge in [-0.15, -0.1) is 0 Å². The number of phenols is 1. The molecule has 3 amide bonds. The summed E-state index contributed by atoms with van der Waals surface area (Å²) in [5, 5.41) is 24.9. The quantitative estimate of drug-likeness (QED) is 0.424. The topological polar surface area (TPSA) is 128 Å². The number of nitrogens with one attached hydrogen (secondary N) is 2. The van der Waals surface area contributed by atoms with Crippen molar-refractivity contribution in [2.45, 2.75) is 52.2 Å². The van der Waals surface area contributed by atoms with Crippen LogP contribution in [0.25, 0.3) is 0 Å². The molecule has 0 aliphatic heterocycles. The predicted molar refractivity (Wildman–Crippen MR) is 112 cm³/mol. The zero-order valence-electron chi connectivity index (χ0n) is 18.1. The van der Waals surface area contributed by atoms with Crippen molar-refractivity contribution >= 4 is 17.9 Å². The molecule has 0 saturated carbocycles. The van der Waals surface area contributed by atoms with Gasteiger partial charge in [-0.1, -0.05) is 31.5 Å². The number of hydrogen-bond donors (Lipinski definition) is 4. The Morgan fingerprint density at radius 3 is 2.40 bits per heavy atom. The van der Waals surface area contributed by atoms with E-state index in [4.69, 9.17) is 4.74 Å². The van der Waals surface area contributed by atoms with Crippen molar-refractivity contribution in [2.75, 3.05) is 26.2 Å². The summed E-state index contributed by atoms with van der Waals surface area (Å²) in [5.74, 6) is -1.23. The van der Waals surface area contributed by atoms with E-state index >= 15 is 0 Å². The van der Waals surface area contributed by atoms with E-state index < -0.39 is 42.7 Å². The van der Waals surface area contributed by atoms with Gasteiger partial charge in [0, 0.05) is 18.7 Å². The average Bonchev–Trinajstić information content (AvgIpc) is 2.66. The molecule has 9 heteroatoms. The average molecular weight is 424 g/mol. The van der Waals surface area contributed by atoms with E-state index in [0.29, 0.717) is 6.54 Å². The van der Waals surface area contributed by atoms with E-state index in [-0.39, 0.29) is 17.9 Å². The minimum absolute atomic E-state index is 0.149. The molecule has 1 rings (SSSR count). The molecule has 0 aliphatic rings. The van der Waals surface area contributed by atoms with E-state index in [2.05, 4.69) is 10.6 Å². The molecule has 0 saturated heterocycles. The number of rotatable bonds is 10. The van der Waals surface area contributed by atoms with Crippen LogP contribution in [0.4, 0.5) is 4.79 Å². The molecule has 4 N–H and O–H groups in total. The first kappa shape index (κ1) is 25.2. The highest BCUT2D eigenvalue weighted by molar-refractivity contribution is 5.90. The number of hydrogen-bond acceptors (Lipinski definition) is 6. The third-order valence-electron chi connectivity index (χ3n) is 4.07. The Bertz CT molecular complexity index is 717. The molecule has 1 atom stereocenters. The highest BCUT2D eigenvalue weighted by Crippen LogP contribution is 2.29. The van der Waals surface area contributed by atoms with Crippen LogP contribution in [-0.2, 0) is 14.3 Å². The molecule has 9 nitrogen and oxygen atoms in total. The molecule has 0 fully saturated rings. The van der Waals surface area contributed by atoms with Gasteiger partial charge in [-0.25, -0.2) is 4.79 Å². The van der Waals surface area contributed by atoms with Crippen LogP contribution in [0.3, 0.4) is 0 Å². The highest BCUT2D eigenvalue weighted by atomic mass is 16.6. The summed E-state index contributed by atoms with van der Waals surface area (Å²) in [7, 11) is 0. The zero-order chi connectivity index (χ0) is 22.7. The van der Waals surface area contributed by atoms with E-state index in [1.165, 1.54) is 6.07 Å². The fraction of sp³-hybridized carbons (Fsp3) is 0.571. The number of unbranched alkanes of at least 4 members (excludes halogenated alkanes) is 1. The Balaban J connectivity index is 3.08. The summed E-state index contributed by atoms with van der Waals surface area (Å²) in [4.78, 5) is 38.8. The Kier molecular flexibility index (Phi) is 10.1. The molecule has 0 aromatic heterocycles. The number of ether oxygens (including phenoxy) is 1. The fourth-order valence-electron chi connectivity index (χ4n) is 2.72. The number of aliphatic hydroxyl groups excluding tert-OH is 1. The fourth-order valence-corrected chi connectivity index (χ4v) is 2.72. The summed E-state index contributed by atoms with van der Waals surface area (Å²) >= 11 is 0. The highest BCUT2D eigenvalue weighted by Gasteiger charge is 2.33. The molecule has 0 radical (unpaired) electrons. The number of carbonyl (C=O) groups is 3. The molecule has 1 unspecified atom stereocenters. The number of carbonyl (C=O) groups excluding carboxylic acids is 3. The summed E-state index contributed by atoms with van der Waals surface area (Å²) in [6.45, 7) is 6.50. The van der Waals surface area contributed by atoms with Gasteiger partial charge in [0.1, 0.15) is 23.9 Å². The van der Waals surface area contributed by atoms with Gasteiger partial charge in [0.15, 0.2) is 0 Å². The van der Waals surface area contributed by atoms with E-state index in [0.717, 1.165) is 17.7 Å². The second-order valence-corrected chi connectivity index (χ2v) is 7.77. The van der Waals surface area contributed by atoms with Crippen LogP contribution >= 0.6 is 0 Å². The molecule has 0 spiro atoms. The predicted octanol–water partition coefficient (Wildman–Crippen LogP) is 1.70. The first-order valence-electron chi connectivity index (χ1n) is 10.0. The van der Waals surface area contributed by atoms with E-state index in [1.54, 1.807) is 39.0 Å². The van der Waals surface area contributed by atoms with Crippen LogP contribution in [-0.4, -0.2) is 64.9 Å². The number of para-hydroxylation sites is 1. The van der Waals surface area contributed by atoms with Crippen molar-refractivity contribution in [3.05, 3.63) is 29.8 Å². The molecule has 0 aliphatic carbocycles. The number of aliphatic hydroxyl groups is 1. The van der Waals surface area contributed by atoms with Gasteiger partial charge in [-0.2, -0.15) is 0 Å². The zero-order valence-corrected chi connectivity index (χ0v) is 18.1. The molecular formula is C21H33N3O6. The molecule has 0 heterocycles. The monoisotopic (exact) mass is 423 g/mol. The summed E-state index contributed by atoms with van der Waals surface area (Å²) in [5.41, 5.74) is -0.499. The molecule has 0 bridgehead atoms. The smallest absolute Gasteiger partial charge is 0.408 e. The normalized spacial score (nSPS) is 12.0. The van der Waals surface area contributed by atoms with Crippen molar-refractivity contribution in [1.82, 2.24) is 15.5 Å². The van der Waals surface area contributed by atoms with Crippen LogP contribution in [0.2, 0.25) is 0 Å². The van der Waals surface area contributed by atoms with Gasteiger partial charge >= 0.3 is 6.09 Å². The SMILES string of the molecule is CCCCNC(=O)C(c1ccccc1O)N(CCO)C(=O)CNC(=O)OC(C)(C)C. The maximum absolute atomic E-state index is 12.9. The van der Waals surface area contributed by atoms with Gasteiger partial charge in [0.2, 0.25) is 11.8 Å². The van der Waals surface area contributed by atoms with Gasteiger partial charge in [0.05, 0.1) is 6.61 Å².